The first-order chi connectivity index (χ1) is 9.91. The quantitative estimate of drug-likeness (QED) is 0.848. The molecule has 1 atom stereocenters. The van der Waals surface area contributed by atoms with Gasteiger partial charge in [0, 0.05) is 27.9 Å². The third kappa shape index (κ3) is 4.08. The lowest BCUT2D eigenvalue weighted by molar-refractivity contribution is 0.401. The fourth-order valence-electron chi connectivity index (χ4n) is 2.26. The van der Waals surface area contributed by atoms with E-state index in [-0.39, 0.29) is 11.5 Å². The van der Waals surface area contributed by atoms with Crippen LogP contribution in [0.3, 0.4) is 0 Å². The van der Waals surface area contributed by atoms with Gasteiger partial charge in [-0.1, -0.05) is 39.0 Å². The van der Waals surface area contributed by atoms with E-state index in [9.17, 15) is 0 Å². The molecule has 1 aromatic heterocycles. The van der Waals surface area contributed by atoms with Gasteiger partial charge in [0.25, 0.3) is 0 Å². The number of benzene rings is 1. The van der Waals surface area contributed by atoms with E-state index >= 15 is 0 Å². The standard InChI is InChI=1S/C18H25NOS/c1-13(15-8-6-7-9-16(15)20-5)19-12-14-10-11-17(21-14)18(2,3)4/h6-11,13,19H,12H2,1-5H3/t13-/m0/s1. The van der Waals surface area contributed by atoms with Crippen molar-refractivity contribution >= 4 is 11.3 Å². The fourth-order valence-corrected chi connectivity index (χ4v) is 3.28. The molecular weight excluding hydrogens is 278 g/mol. The molecule has 0 aliphatic rings. The molecule has 1 heterocycles. The third-order valence-electron chi connectivity index (χ3n) is 3.59. The molecule has 1 aromatic carbocycles. The summed E-state index contributed by atoms with van der Waals surface area (Å²) >= 11 is 1.89. The first kappa shape index (κ1) is 16.1. The second-order valence-electron chi connectivity index (χ2n) is 6.36. The minimum absolute atomic E-state index is 0.233. The summed E-state index contributed by atoms with van der Waals surface area (Å²) in [6.07, 6.45) is 0. The molecule has 0 amide bonds. The number of hydrogen-bond acceptors (Lipinski definition) is 3. The van der Waals surface area contributed by atoms with Crippen molar-refractivity contribution in [1.82, 2.24) is 5.32 Å². The number of rotatable bonds is 5. The molecule has 0 bridgehead atoms. The lowest BCUT2D eigenvalue weighted by Gasteiger charge is -2.17. The van der Waals surface area contributed by atoms with Gasteiger partial charge in [0.1, 0.15) is 5.75 Å². The fraction of sp³-hybridized carbons (Fsp3) is 0.444. The van der Waals surface area contributed by atoms with Gasteiger partial charge in [0.15, 0.2) is 0 Å². The lowest BCUT2D eigenvalue weighted by Crippen LogP contribution is -2.18. The molecule has 2 nitrogen and oxygen atoms in total. The lowest BCUT2D eigenvalue weighted by atomic mass is 9.95. The Morgan fingerprint density at radius 2 is 1.86 bits per heavy atom. The predicted molar refractivity (Wildman–Crippen MR) is 91.3 cm³/mol. The molecule has 3 heteroatoms. The van der Waals surface area contributed by atoms with Gasteiger partial charge in [-0.05, 0) is 30.5 Å². The van der Waals surface area contributed by atoms with Gasteiger partial charge in [-0.2, -0.15) is 0 Å². The second-order valence-corrected chi connectivity index (χ2v) is 7.53. The minimum Gasteiger partial charge on any atom is -0.496 e. The Balaban J connectivity index is 2.01. The highest BCUT2D eigenvalue weighted by Gasteiger charge is 2.16. The number of thiophene rings is 1. The van der Waals surface area contributed by atoms with Gasteiger partial charge in [-0.3, -0.25) is 0 Å². The predicted octanol–water partition coefficient (Wildman–Crippen LogP) is 4.91. The van der Waals surface area contributed by atoms with Crippen LogP contribution in [-0.2, 0) is 12.0 Å². The molecule has 0 spiro atoms. The van der Waals surface area contributed by atoms with Gasteiger partial charge in [0.2, 0.25) is 0 Å². The smallest absolute Gasteiger partial charge is 0.123 e. The minimum atomic E-state index is 0.233. The Hall–Kier alpha value is -1.32. The van der Waals surface area contributed by atoms with Crippen molar-refractivity contribution in [3.8, 4) is 5.75 Å². The number of para-hydroxylation sites is 1. The summed E-state index contributed by atoms with van der Waals surface area (Å²) in [6.45, 7) is 9.84. The van der Waals surface area contributed by atoms with E-state index in [4.69, 9.17) is 4.74 Å². The Bertz CT molecular complexity index is 583. The van der Waals surface area contributed by atoms with Crippen LogP contribution in [-0.4, -0.2) is 7.11 Å². The zero-order chi connectivity index (χ0) is 15.5. The molecular formula is C18H25NOS. The average molecular weight is 303 g/mol. The van der Waals surface area contributed by atoms with Gasteiger partial charge < -0.3 is 10.1 Å². The van der Waals surface area contributed by atoms with Crippen molar-refractivity contribution in [3.05, 3.63) is 51.7 Å². The van der Waals surface area contributed by atoms with Gasteiger partial charge in [-0.25, -0.2) is 0 Å². The molecule has 21 heavy (non-hydrogen) atoms. The molecule has 0 unspecified atom stereocenters. The zero-order valence-corrected chi connectivity index (χ0v) is 14.4. The van der Waals surface area contributed by atoms with Gasteiger partial charge in [0.05, 0.1) is 7.11 Å². The second kappa shape index (κ2) is 6.63. The topological polar surface area (TPSA) is 21.3 Å². The van der Waals surface area contributed by atoms with Crippen LogP contribution in [0.1, 0.15) is 49.1 Å². The van der Waals surface area contributed by atoms with Crippen LogP contribution in [0.15, 0.2) is 36.4 Å². The Labute approximate surface area is 132 Å². The summed E-state index contributed by atoms with van der Waals surface area (Å²) in [7, 11) is 1.72. The average Bonchev–Trinajstić information content (AvgIpc) is 2.93. The van der Waals surface area contributed by atoms with E-state index in [0.717, 1.165) is 12.3 Å². The molecule has 114 valence electrons. The van der Waals surface area contributed by atoms with Crippen LogP contribution in [0, 0.1) is 0 Å². The molecule has 2 aromatic rings. The number of ether oxygens (including phenoxy) is 1. The summed E-state index contributed by atoms with van der Waals surface area (Å²) in [5, 5.41) is 3.59. The van der Waals surface area contributed by atoms with Crippen LogP contribution in [0.2, 0.25) is 0 Å². The number of nitrogens with one attached hydrogen (secondary N) is 1. The van der Waals surface area contributed by atoms with Crippen molar-refractivity contribution in [2.45, 2.75) is 45.7 Å². The van der Waals surface area contributed by atoms with Crippen molar-refractivity contribution in [3.63, 3.8) is 0 Å². The summed E-state index contributed by atoms with van der Waals surface area (Å²) in [6, 6.07) is 12.9. The van der Waals surface area contributed by atoms with Crippen molar-refractivity contribution in [1.29, 1.82) is 0 Å². The SMILES string of the molecule is COc1ccccc1[C@H](C)NCc1ccc(C(C)(C)C)s1. The highest BCUT2D eigenvalue weighted by Crippen LogP contribution is 2.30. The zero-order valence-electron chi connectivity index (χ0n) is 13.6. The molecule has 1 N–H and O–H groups in total. The number of methoxy groups -OCH3 is 1. The van der Waals surface area contributed by atoms with Crippen molar-refractivity contribution < 1.29 is 4.74 Å². The monoisotopic (exact) mass is 303 g/mol. The van der Waals surface area contributed by atoms with E-state index in [0.29, 0.717) is 0 Å². The molecule has 0 aliphatic carbocycles. The summed E-state index contributed by atoms with van der Waals surface area (Å²) < 4.78 is 5.43. The van der Waals surface area contributed by atoms with Crippen molar-refractivity contribution in [2.75, 3.05) is 7.11 Å². The molecule has 0 saturated carbocycles. The maximum atomic E-state index is 5.43. The highest BCUT2D eigenvalue weighted by atomic mass is 32.1. The molecule has 0 saturated heterocycles. The van der Waals surface area contributed by atoms with Crippen LogP contribution < -0.4 is 10.1 Å². The summed E-state index contributed by atoms with van der Waals surface area (Å²) in [5.74, 6) is 0.944. The molecule has 2 rings (SSSR count). The van der Waals surface area contributed by atoms with Gasteiger partial charge >= 0.3 is 0 Å². The van der Waals surface area contributed by atoms with Crippen LogP contribution in [0.4, 0.5) is 0 Å². The van der Waals surface area contributed by atoms with Gasteiger partial charge in [-0.15, -0.1) is 11.3 Å². The van der Waals surface area contributed by atoms with Crippen LogP contribution in [0.5, 0.6) is 5.75 Å². The van der Waals surface area contributed by atoms with E-state index in [1.165, 1.54) is 15.3 Å². The largest absolute Gasteiger partial charge is 0.496 e. The molecule has 0 fully saturated rings. The third-order valence-corrected chi connectivity index (χ3v) is 5.10. The summed E-state index contributed by atoms with van der Waals surface area (Å²) in [5.41, 5.74) is 1.43. The van der Waals surface area contributed by atoms with E-state index in [1.54, 1.807) is 7.11 Å². The highest BCUT2D eigenvalue weighted by molar-refractivity contribution is 7.12. The Morgan fingerprint density at radius 3 is 2.48 bits per heavy atom. The summed E-state index contributed by atoms with van der Waals surface area (Å²) in [4.78, 5) is 2.81. The molecule has 0 aliphatic heterocycles. The number of hydrogen-bond donors (Lipinski definition) is 1. The van der Waals surface area contributed by atoms with E-state index < -0.39 is 0 Å². The normalized spacial score (nSPS) is 13.2. The maximum Gasteiger partial charge on any atom is 0.123 e. The first-order valence-corrected chi connectivity index (χ1v) is 8.19. The van der Waals surface area contributed by atoms with Crippen LogP contribution in [0.25, 0.3) is 0 Å². The Morgan fingerprint density at radius 1 is 1.14 bits per heavy atom. The Kier molecular flexibility index (Phi) is 5.07. The van der Waals surface area contributed by atoms with E-state index in [2.05, 4.69) is 57.3 Å². The first-order valence-electron chi connectivity index (χ1n) is 7.37. The van der Waals surface area contributed by atoms with Crippen molar-refractivity contribution in [2.24, 2.45) is 0 Å². The van der Waals surface area contributed by atoms with Crippen LogP contribution >= 0.6 is 11.3 Å². The van der Waals surface area contributed by atoms with E-state index in [1.807, 2.05) is 23.5 Å². The maximum absolute atomic E-state index is 5.43. The molecule has 0 radical (unpaired) electrons.